The van der Waals surface area contributed by atoms with Crippen molar-refractivity contribution >= 4 is 6.03 Å². The second kappa shape index (κ2) is 5.38. The van der Waals surface area contributed by atoms with Crippen molar-refractivity contribution in [2.75, 3.05) is 26.3 Å². The molecule has 7 heteroatoms. The molecule has 4 nitrogen and oxygen atoms in total. The average Bonchev–Trinajstić information content (AvgIpc) is 2.16. The van der Waals surface area contributed by atoms with Gasteiger partial charge in [0.05, 0.1) is 19.6 Å². The van der Waals surface area contributed by atoms with E-state index >= 15 is 0 Å². The molecule has 0 aromatic heterocycles. The van der Waals surface area contributed by atoms with Crippen molar-refractivity contribution in [3.8, 4) is 0 Å². The lowest BCUT2D eigenvalue weighted by molar-refractivity contribution is -0.138. The third-order valence-electron chi connectivity index (χ3n) is 2.21. The van der Waals surface area contributed by atoms with Crippen LogP contribution in [0.3, 0.4) is 0 Å². The van der Waals surface area contributed by atoms with Crippen molar-refractivity contribution in [3.05, 3.63) is 0 Å². The van der Waals surface area contributed by atoms with Crippen LogP contribution in [0.1, 0.15) is 13.3 Å². The van der Waals surface area contributed by atoms with Gasteiger partial charge in [-0.1, -0.05) is 0 Å². The fraction of sp³-hybridized carbons (Fsp3) is 0.889. The summed E-state index contributed by atoms with van der Waals surface area (Å²) >= 11 is 0. The Hall–Kier alpha value is -0.980. The zero-order valence-corrected chi connectivity index (χ0v) is 9.01. The summed E-state index contributed by atoms with van der Waals surface area (Å²) in [5.41, 5.74) is 0. The Morgan fingerprint density at radius 3 is 2.50 bits per heavy atom. The molecule has 1 unspecified atom stereocenters. The SMILES string of the molecule is CC(CC(F)(F)F)NC(=O)N1CCOCC1. The number of rotatable bonds is 2. The Kier molecular flexibility index (Phi) is 4.40. The first-order valence-corrected chi connectivity index (χ1v) is 5.08. The number of nitrogens with one attached hydrogen (secondary N) is 1. The van der Waals surface area contributed by atoms with E-state index in [0.717, 1.165) is 0 Å². The number of hydrogen-bond donors (Lipinski definition) is 1. The molecule has 0 aliphatic carbocycles. The number of urea groups is 1. The fourth-order valence-corrected chi connectivity index (χ4v) is 1.47. The smallest absolute Gasteiger partial charge is 0.378 e. The van der Waals surface area contributed by atoms with Gasteiger partial charge < -0.3 is 15.0 Å². The number of carbonyl (C=O) groups is 1. The number of ether oxygens (including phenoxy) is 1. The molecular weight excluding hydrogens is 225 g/mol. The first kappa shape index (κ1) is 13.1. The largest absolute Gasteiger partial charge is 0.391 e. The highest BCUT2D eigenvalue weighted by Gasteiger charge is 2.31. The molecule has 0 aromatic carbocycles. The van der Waals surface area contributed by atoms with Gasteiger partial charge in [0.25, 0.3) is 0 Å². The fourth-order valence-electron chi connectivity index (χ4n) is 1.47. The molecule has 1 heterocycles. The van der Waals surface area contributed by atoms with E-state index in [4.69, 9.17) is 4.74 Å². The van der Waals surface area contributed by atoms with Crippen molar-refractivity contribution in [1.82, 2.24) is 10.2 Å². The van der Waals surface area contributed by atoms with Crippen LogP contribution in [-0.2, 0) is 4.74 Å². The Labute approximate surface area is 91.7 Å². The highest BCUT2D eigenvalue weighted by atomic mass is 19.4. The second-order valence-corrected chi connectivity index (χ2v) is 3.77. The number of alkyl halides is 3. The number of morpholine rings is 1. The first-order chi connectivity index (χ1) is 7.38. The number of hydrogen-bond acceptors (Lipinski definition) is 2. The minimum absolute atomic E-state index is 0.421. The summed E-state index contributed by atoms with van der Waals surface area (Å²) in [5, 5.41) is 2.32. The number of halogens is 3. The van der Waals surface area contributed by atoms with E-state index in [1.54, 1.807) is 0 Å². The van der Waals surface area contributed by atoms with Gasteiger partial charge in [0, 0.05) is 19.1 Å². The molecule has 1 saturated heterocycles. The van der Waals surface area contributed by atoms with Gasteiger partial charge in [0.2, 0.25) is 0 Å². The normalized spacial score (nSPS) is 19.4. The zero-order chi connectivity index (χ0) is 12.2. The summed E-state index contributed by atoms with van der Waals surface area (Å²) in [7, 11) is 0. The summed E-state index contributed by atoms with van der Waals surface area (Å²) < 4.78 is 41.1. The van der Waals surface area contributed by atoms with Crippen molar-refractivity contribution in [3.63, 3.8) is 0 Å². The van der Waals surface area contributed by atoms with Crippen molar-refractivity contribution in [2.45, 2.75) is 25.6 Å². The lowest BCUT2D eigenvalue weighted by Crippen LogP contribution is -2.49. The molecule has 1 atom stereocenters. The maximum Gasteiger partial charge on any atom is 0.391 e. The van der Waals surface area contributed by atoms with Crippen LogP contribution in [0.2, 0.25) is 0 Å². The number of amides is 2. The molecule has 0 aromatic rings. The molecule has 0 spiro atoms. The molecule has 0 saturated carbocycles. The Bertz CT molecular complexity index is 239. The molecule has 1 rings (SSSR count). The molecule has 1 aliphatic rings. The standard InChI is InChI=1S/C9H15F3N2O2/c1-7(6-9(10,11)12)13-8(15)14-2-4-16-5-3-14/h7H,2-6H2,1H3,(H,13,15). The molecule has 16 heavy (non-hydrogen) atoms. The van der Waals surface area contributed by atoms with Crippen LogP contribution >= 0.6 is 0 Å². The van der Waals surface area contributed by atoms with Crippen LogP contribution in [0.5, 0.6) is 0 Å². The van der Waals surface area contributed by atoms with Crippen LogP contribution in [0.4, 0.5) is 18.0 Å². The summed E-state index contributed by atoms with van der Waals surface area (Å²) in [6.07, 6.45) is -5.26. The molecule has 0 bridgehead atoms. The van der Waals surface area contributed by atoms with Gasteiger partial charge in [-0.3, -0.25) is 0 Å². The summed E-state index contributed by atoms with van der Waals surface area (Å²) in [4.78, 5) is 12.9. The molecule has 94 valence electrons. The average molecular weight is 240 g/mol. The number of carbonyl (C=O) groups excluding carboxylic acids is 1. The molecule has 1 N–H and O–H groups in total. The van der Waals surface area contributed by atoms with Crippen LogP contribution < -0.4 is 5.32 Å². The topological polar surface area (TPSA) is 41.6 Å². The van der Waals surface area contributed by atoms with Crippen LogP contribution in [-0.4, -0.2) is 49.5 Å². The van der Waals surface area contributed by atoms with E-state index in [0.29, 0.717) is 26.3 Å². The number of nitrogens with zero attached hydrogens (tertiary/aromatic N) is 1. The van der Waals surface area contributed by atoms with Crippen LogP contribution in [0, 0.1) is 0 Å². The molecule has 2 amide bonds. The van der Waals surface area contributed by atoms with Gasteiger partial charge in [-0.25, -0.2) is 4.79 Å². The predicted molar refractivity (Wildman–Crippen MR) is 51.1 cm³/mol. The lowest BCUT2D eigenvalue weighted by atomic mass is 10.2. The Morgan fingerprint density at radius 1 is 1.44 bits per heavy atom. The van der Waals surface area contributed by atoms with E-state index in [-0.39, 0.29) is 0 Å². The quantitative estimate of drug-likeness (QED) is 0.792. The Morgan fingerprint density at radius 2 is 2.00 bits per heavy atom. The summed E-state index contributed by atoms with van der Waals surface area (Å²) in [6.45, 7) is 3.04. The summed E-state index contributed by atoms with van der Waals surface area (Å²) in [5.74, 6) is 0. The van der Waals surface area contributed by atoms with Gasteiger partial charge in [-0.2, -0.15) is 13.2 Å². The second-order valence-electron chi connectivity index (χ2n) is 3.77. The lowest BCUT2D eigenvalue weighted by Gasteiger charge is -2.28. The minimum Gasteiger partial charge on any atom is -0.378 e. The molecule has 1 fully saturated rings. The van der Waals surface area contributed by atoms with Crippen molar-refractivity contribution in [1.29, 1.82) is 0 Å². The zero-order valence-electron chi connectivity index (χ0n) is 9.01. The predicted octanol–water partition coefficient (Wildman–Crippen LogP) is 1.37. The van der Waals surface area contributed by atoms with Crippen LogP contribution in [0.25, 0.3) is 0 Å². The van der Waals surface area contributed by atoms with Gasteiger partial charge in [-0.15, -0.1) is 0 Å². The van der Waals surface area contributed by atoms with E-state index in [1.165, 1.54) is 11.8 Å². The first-order valence-electron chi connectivity index (χ1n) is 5.08. The third-order valence-corrected chi connectivity index (χ3v) is 2.21. The minimum atomic E-state index is -4.25. The van der Waals surface area contributed by atoms with E-state index < -0.39 is 24.7 Å². The van der Waals surface area contributed by atoms with E-state index in [9.17, 15) is 18.0 Å². The maximum absolute atomic E-state index is 12.0. The third kappa shape index (κ3) is 4.69. The molecule has 1 aliphatic heterocycles. The maximum atomic E-state index is 12.0. The van der Waals surface area contributed by atoms with Crippen molar-refractivity contribution in [2.24, 2.45) is 0 Å². The van der Waals surface area contributed by atoms with E-state index in [1.807, 2.05) is 0 Å². The highest BCUT2D eigenvalue weighted by molar-refractivity contribution is 5.74. The highest BCUT2D eigenvalue weighted by Crippen LogP contribution is 2.21. The van der Waals surface area contributed by atoms with Crippen LogP contribution in [0.15, 0.2) is 0 Å². The molecule has 0 radical (unpaired) electrons. The van der Waals surface area contributed by atoms with Gasteiger partial charge in [-0.05, 0) is 6.92 Å². The van der Waals surface area contributed by atoms with E-state index in [2.05, 4.69) is 5.32 Å². The monoisotopic (exact) mass is 240 g/mol. The Balaban J connectivity index is 2.32. The molecular formula is C9H15F3N2O2. The van der Waals surface area contributed by atoms with Crippen molar-refractivity contribution < 1.29 is 22.7 Å². The van der Waals surface area contributed by atoms with Gasteiger partial charge in [0.15, 0.2) is 0 Å². The summed E-state index contributed by atoms with van der Waals surface area (Å²) in [6, 6.07) is -1.37. The van der Waals surface area contributed by atoms with Gasteiger partial charge >= 0.3 is 12.2 Å². The van der Waals surface area contributed by atoms with Gasteiger partial charge in [0.1, 0.15) is 0 Å².